The summed E-state index contributed by atoms with van der Waals surface area (Å²) in [5.41, 5.74) is 8.36. The summed E-state index contributed by atoms with van der Waals surface area (Å²) in [6, 6.07) is 16.6. The van der Waals surface area contributed by atoms with Crippen LogP contribution in [0.25, 0.3) is 11.1 Å². The number of amidine groups is 1. The number of hydrogen-bond donors (Lipinski definition) is 1. The molecule has 2 aromatic carbocycles. The topological polar surface area (TPSA) is 69.7 Å². The van der Waals surface area contributed by atoms with Gasteiger partial charge in [-0.15, -0.1) is 0 Å². The van der Waals surface area contributed by atoms with Crippen LogP contribution in [0.3, 0.4) is 0 Å². The summed E-state index contributed by atoms with van der Waals surface area (Å²) in [5.74, 6) is -0.285. The molecule has 0 saturated heterocycles. The van der Waals surface area contributed by atoms with Gasteiger partial charge >= 0.3 is 0 Å². The van der Waals surface area contributed by atoms with E-state index in [0.29, 0.717) is 5.56 Å². The Morgan fingerprint density at radius 2 is 1.89 bits per heavy atom. The largest absolute Gasteiger partial charge is 0.494 e. The molecular formula is C21H18FN3O2. The first-order valence-electron chi connectivity index (χ1n) is 8.45. The first kappa shape index (κ1) is 17.0. The SMILES string of the molecule is COc1ccc(C2(c3cccc(-c4cccnc4)c3)COC(N)=N2)cc1F. The lowest BCUT2D eigenvalue weighted by Gasteiger charge is -2.26. The quantitative estimate of drug-likeness (QED) is 0.770. The van der Waals surface area contributed by atoms with Crippen molar-refractivity contribution in [2.24, 2.45) is 10.7 Å². The van der Waals surface area contributed by atoms with Gasteiger partial charge in [-0.1, -0.05) is 30.3 Å². The second-order valence-electron chi connectivity index (χ2n) is 6.27. The monoisotopic (exact) mass is 363 g/mol. The molecule has 0 saturated carbocycles. The number of ether oxygens (including phenoxy) is 2. The molecule has 1 aliphatic heterocycles. The Morgan fingerprint density at radius 1 is 1.07 bits per heavy atom. The van der Waals surface area contributed by atoms with Gasteiger partial charge in [0.05, 0.1) is 7.11 Å². The van der Waals surface area contributed by atoms with E-state index in [2.05, 4.69) is 9.98 Å². The number of methoxy groups -OCH3 is 1. The summed E-state index contributed by atoms with van der Waals surface area (Å²) in [5, 5.41) is 0. The molecule has 2 heterocycles. The zero-order valence-corrected chi connectivity index (χ0v) is 14.7. The number of aromatic nitrogens is 1. The highest BCUT2D eigenvalue weighted by Gasteiger charge is 2.40. The molecule has 0 bridgehead atoms. The number of halogens is 1. The Labute approximate surface area is 156 Å². The van der Waals surface area contributed by atoms with Crippen molar-refractivity contribution in [2.45, 2.75) is 5.54 Å². The van der Waals surface area contributed by atoms with E-state index in [1.165, 1.54) is 13.2 Å². The molecule has 1 aromatic heterocycles. The van der Waals surface area contributed by atoms with E-state index in [1.54, 1.807) is 24.5 Å². The number of aliphatic imine (C=N–C) groups is 1. The van der Waals surface area contributed by atoms with Crippen molar-refractivity contribution >= 4 is 6.02 Å². The molecule has 1 unspecified atom stereocenters. The van der Waals surface area contributed by atoms with Gasteiger partial charge < -0.3 is 15.2 Å². The van der Waals surface area contributed by atoms with Gasteiger partial charge in [-0.05, 0) is 46.5 Å². The molecule has 1 aliphatic rings. The average Bonchev–Trinajstić information content (AvgIpc) is 3.12. The van der Waals surface area contributed by atoms with Crippen LogP contribution in [-0.2, 0) is 10.3 Å². The van der Waals surface area contributed by atoms with Crippen LogP contribution < -0.4 is 10.5 Å². The molecule has 0 fully saturated rings. The first-order valence-corrected chi connectivity index (χ1v) is 8.45. The summed E-state index contributed by atoms with van der Waals surface area (Å²) in [4.78, 5) is 8.71. The van der Waals surface area contributed by atoms with Crippen molar-refractivity contribution in [1.82, 2.24) is 4.98 Å². The van der Waals surface area contributed by atoms with Crippen LogP contribution in [0.4, 0.5) is 4.39 Å². The lowest BCUT2D eigenvalue weighted by Crippen LogP contribution is -2.27. The van der Waals surface area contributed by atoms with Crippen molar-refractivity contribution < 1.29 is 13.9 Å². The molecule has 136 valence electrons. The molecule has 3 aromatic rings. The molecular weight excluding hydrogens is 345 g/mol. The summed E-state index contributed by atoms with van der Waals surface area (Å²) in [6.07, 6.45) is 3.52. The maximum atomic E-state index is 14.4. The third-order valence-corrected chi connectivity index (χ3v) is 4.69. The molecule has 4 rings (SSSR count). The van der Waals surface area contributed by atoms with Gasteiger partial charge in [0.25, 0.3) is 6.02 Å². The predicted molar refractivity (Wildman–Crippen MR) is 101 cm³/mol. The normalized spacial score (nSPS) is 18.7. The Morgan fingerprint density at radius 3 is 2.56 bits per heavy atom. The lowest BCUT2D eigenvalue weighted by atomic mass is 9.83. The average molecular weight is 363 g/mol. The molecule has 0 aliphatic carbocycles. The van der Waals surface area contributed by atoms with Gasteiger partial charge in [0.15, 0.2) is 17.1 Å². The van der Waals surface area contributed by atoms with Gasteiger partial charge in [0.2, 0.25) is 0 Å². The standard InChI is InChI=1S/C21H18FN3O2/c1-26-19-8-7-17(11-18(19)22)21(13-27-20(23)25-21)16-6-2-4-14(10-16)15-5-3-9-24-12-15/h2-12H,13H2,1H3,(H2,23,25). The number of hydrogen-bond acceptors (Lipinski definition) is 5. The van der Waals surface area contributed by atoms with Crippen molar-refractivity contribution in [3.63, 3.8) is 0 Å². The number of nitrogens with two attached hydrogens (primary N) is 1. The van der Waals surface area contributed by atoms with Crippen LogP contribution in [0.1, 0.15) is 11.1 Å². The minimum absolute atomic E-state index is 0.0815. The molecule has 2 N–H and O–H groups in total. The fourth-order valence-electron chi connectivity index (χ4n) is 3.31. The van der Waals surface area contributed by atoms with Gasteiger partial charge in [-0.3, -0.25) is 4.98 Å². The van der Waals surface area contributed by atoms with E-state index in [1.807, 2.05) is 36.4 Å². The highest BCUT2D eigenvalue weighted by molar-refractivity contribution is 5.75. The number of pyridine rings is 1. The number of rotatable bonds is 4. The van der Waals surface area contributed by atoms with E-state index >= 15 is 0 Å². The van der Waals surface area contributed by atoms with Gasteiger partial charge in [-0.2, -0.15) is 0 Å². The second kappa shape index (κ2) is 6.72. The van der Waals surface area contributed by atoms with E-state index in [0.717, 1.165) is 16.7 Å². The Kier molecular flexibility index (Phi) is 4.24. The van der Waals surface area contributed by atoms with E-state index in [4.69, 9.17) is 15.2 Å². The fourth-order valence-corrected chi connectivity index (χ4v) is 3.31. The van der Waals surface area contributed by atoms with Crippen LogP contribution in [-0.4, -0.2) is 24.7 Å². The maximum absolute atomic E-state index is 14.4. The van der Waals surface area contributed by atoms with E-state index in [-0.39, 0.29) is 18.4 Å². The molecule has 6 heteroatoms. The smallest absolute Gasteiger partial charge is 0.283 e. The van der Waals surface area contributed by atoms with Crippen molar-refractivity contribution in [2.75, 3.05) is 13.7 Å². The molecule has 27 heavy (non-hydrogen) atoms. The minimum atomic E-state index is -0.921. The van der Waals surface area contributed by atoms with Crippen LogP contribution in [0.2, 0.25) is 0 Å². The zero-order chi connectivity index (χ0) is 18.9. The highest BCUT2D eigenvalue weighted by Crippen LogP contribution is 2.40. The van der Waals surface area contributed by atoms with E-state index in [9.17, 15) is 4.39 Å². The summed E-state index contributed by atoms with van der Waals surface area (Å²) in [6.45, 7) is 0.196. The van der Waals surface area contributed by atoms with Crippen LogP contribution in [0.5, 0.6) is 5.75 Å². The molecule has 0 radical (unpaired) electrons. The van der Waals surface area contributed by atoms with E-state index < -0.39 is 11.4 Å². The van der Waals surface area contributed by atoms with Crippen LogP contribution >= 0.6 is 0 Å². The van der Waals surface area contributed by atoms with Crippen molar-refractivity contribution in [1.29, 1.82) is 0 Å². The van der Waals surface area contributed by atoms with Gasteiger partial charge in [0.1, 0.15) is 6.61 Å². The number of benzene rings is 2. The van der Waals surface area contributed by atoms with Crippen LogP contribution in [0.15, 0.2) is 72.0 Å². The Bertz CT molecular complexity index is 1010. The van der Waals surface area contributed by atoms with Crippen molar-refractivity contribution in [3.8, 4) is 16.9 Å². The maximum Gasteiger partial charge on any atom is 0.283 e. The molecule has 0 spiro atoms. The molecule has 0 amide bonds. The number of nitrogens with zero attached hydrogens (tertiary/aromatic N) is 2. The highest BCUT2D eigenvalue weighted by atomic mass is 19.1. The first-order chi connectivity index (χ1) is 13.1. The lowest BCUT2D eigenvalue weighted by molar-refractivity contribution is 0.278. The summed E-state index contributed by atoms with van der Waals surface area (Å²) in [7, 11) is 1.43. The van der Waals surface area contributed by atoms with Gasteiger partial charge in [-0.25, -0.2) is 9.38 Å². The summed E-state index contributed by atoms with van der Waals surface area (Å²) >= 11 is 0. The third kappa shape index (κ3) is 2.99. The van der Waals surface area contributed by atoms with Crippen molar-refractivity contribution in [3.05, 3.63) is 83.9 Å². The van der Waals surface area contributed by atoms with Crippen LogP contribution in [0, 0.1) is 5.82 Å². The minimum Gasteiger partial charge on any atom is -0.494 e. The van der Waals surface area contributed by atoms with Gasteiger partial charge in [0, 0.05) is 12.4 Å². The molecule has 1 atom stereocenters. The zero-order valence-electron chi connectivity index (χ0n) is 14.7. The fraction of sp³-hybridized carbons (Fsp3) is 0.143. The Hall–Kier alpha value is -3.41. The Balaban J connectivity index is 1.86. The second-order valence-corrected chi connectivity index (χ2v) is 6.27. The third-order valence-electron chi connectivity index (χ3n) is 4.69. The predicted octanol–water partition coefficient (Wildman–Crippen LogP) is 3.48. The summed E-state index contributed by atoms with van der Waals surface area (Å²) < 4.78 is 24.9. The molecule has 5 nitrogen and oxygen atoms in total.